The molecule has 0 aliphatic heterocycles. The first-order valence-electron chi connectivity index (χ1n) is 6.71. The first-order chi connectivity index (χ1) is 8.69. The number of nitrogen functional groups attached to an aromatic ring is 1. The van der Waals surface area contributed by atoms with Crippen LogP contribution >= 0.6 is 0 Å². The van der Waals surface area contributed by atoms with E-state index in [-0.39, 0.29) is 5.91 Å². The lowest BCUT2D eigenvalue weighted by molar-refractivity contribution is 0.0916. The Hall–Kier alpha value is -1.58. The van der Waals surface area contributed by atoms with Crippen LogP contribution in [0, 0.1) is 5.92 Å². The largest absolute Gasteiger partial charge is 0.399 e. The zero-order valence-corrected chi connectivity index (χ0v) is 10.9. The zero-order chi connectivity index (χ0) is 13.0. The standard InChI is InChI=1S/C14H21N3O/c1-2-10-3-5-12(6-4-10)17-14(18)13-9-11(15)7-8-16-13/h7-10,12H,2-6H2,1H3,(H2,15,16)(H,17,18). The maximum atomic E-state index is 12.0. The molecule has 1 aromatic heterocycles. The number of hydrogen-bond acceptors (Lipinski definition) is 3. The third-order valence-corrected chi connectivity index (χ3v) is 3.78. The Balaban J connectivity index is 1.89. The Morgan fingerprint density at radius 2 is 2.17 bits per heavy atom. The molecule has 2 rings (SSSR count). The smallest absolute Gasteiger partial charge is 0.270 e. The Bertz CT molecular complexity index is 411. The lowest BCUT2D eigenvalue weighted by Gasteiger charge is -2.28. The van der Waals surface area contributed by atoms with Crippen LogP contribution in [0.15, 0.2) is 18.3 Å². The number of carbonyl (C=O) groups excluding carboxylic acids is 1. The van der Waals surface area contributed by atoms with E-state index >= 15 is 0 Å². The van der Waals surface area contributed by atoms with E-state index in [0.717, 1.165) is 18.8 Å². The number of nitrogens with two attached hydrogens (primary N) is 1. The van der Waals surface area contributed by atoms with Gasteiger partial charge < -0.3 is 11.1 Å². The summed E-state index contributed by atoms with van der Waals surface area (Å²) in [5.74, 6) is 0.728. The molecular formula is C14H21N3O. The van der Waals surface area contributed by atoms with Gasteiger partial charge in [-0.15, -0.1) is 0 Å². The monoisotopic (exact) mass is 247 g/mol. The van der Waals surface area contributed by atoms with E-state index in [2.05, 4.69) is 17.2 Å². The van der Waals surface area contributed by atoms with Gasteiger partial charge >= 0.3 is 0 Å². The van der Waals surface area contributed by atoms with Gasteiger partial charge in [-0.05, 0) is 43.7 Å². The number of hydrogen-bond donors (Lipinski definition) is 2. The van der Waals surface area contributed by atoms with Gasteiger partial charge in [-0.25, -0.2) is 0 Å². The van der Waals surface area contributed by atoms with Gasteiger partial charge in [0, 0.05) is 17.9 Å². The van der Waals surface area contributed by atoms with Crippen molar-refractivity contribution in [3.63, 3.8) is 0 Å². The van der Waals surface area contributed by atoms with E-state index < -0.39 is 0 Å². The van der Waals surface area contributed by atoms with Crippen molar-refractivity contribution in [3.05, 3.63) is 24.0 Å². The van der Waals surface area contributed by atoms with Gasteiger partial charge in [-0.2, -0.15) is 0 Å². The lowest BCUT2D eigenvalue weighted by Crippen LogP contribution is -2.37. The number of rotatable bonds is 3. The van der Waals surface area contributed by atoms with Gasteiger partial charge in [0.15, 0.2) is 0 Å². The topological polar surface area (TPSA) is 68.0 Å². The van der Waals surface area contributed by atoms with Gasteiger partial charge in [0.1, 0.15) is 5.69 Å². The fraction of sp³-hybridized carbons (Fsp3) is 0.571. The maximum Gasteiger partial charge on any atom is 0.270 e. The quantitative estimate of drug-likeness (QED) is 0.861. The average molecular weight is 247 g/mol. The average Bonchev–Trinajstić information content (AvgIpc) is 2.39. The summed E-state index contributed by atoms with van der Waals surface area (Å²) in [6.45, 7) is 2.24. The highest BCUT2D eigenvalue weighted by atomic mass is 16.1. The van der Waals surface area contributed by atoms with Crippen LogP contribution in [0.2, 0.25) is 0 Å². The van der Waals surface area contributed by atoms with Gasteiger partial charge in [0.2, 0.25) is 0 Å². The second-order valence-corrected chi connectivity index (χ2v) is 5.07. The van der Waals surface area contributed by atoms with Gasteiger partial charge in [0.25, 0.3) is 5.91 Å². The first-order valence-corrected chi connectivity index (χ1v) is 6.71. The fourth-order valence-corrected chi connectivity index (χ4v) is 2.55. The molecular weight excluding hydrogens is 226 g/mol. The van der Waals surface area contributed by atoms with Crippen LogP contribution in [-0.4, -0.2) is 16.9 Å². The molecule has 0 spiro atoms. The minimum atomic E-state index is -0.109. The molecule has 0 saturated heterocycles. The molecule has 4 heteroatoms. The number of pyridine rings is 1. The minimum Gasteiger partial charge on any atom is -0.399 e. The highest BCUT2D eigenvalue weighted by molar-refractivity contribution is 5.93. The number of aromatic nitrogens is 1. The number of nitrogens with zero attached hydrogens (tertiary/aromatic N) is 1. The Labute approximate surface area is 108 Å². The first kappa shape index (κ1) is 12.9. The van der Waals surface area contributed by atoms with E-state index in [0.29, 0.717) is 17.4 Å². The van der Waals surface area contributed by atoms with Gasteiger partial charge in [0.05, 0.1) is 0 Å². The lowest BCUT2D eigenvalue weighted by atomic mass is 9.84. The molecule has 0 bridgehead atoms. The summed E-state index contributed by atoms with van der Waals surface area (Å²) in [4.78, 5) is 16.0. The van der Waals surface area contributed by atoms with Crippen molar-refractivity contribution in [2.75, 3.05) is 5.73 Å². The van der Waals surface area contributed by atoms with Crippen LogP contribution in [0.25, 0.3) is 0 Å². The molecule has 98 valence electrons. The molecule has 1 saturated carbocycles. The number of carbonyl (C=O) groups is 1. The summed E-state index contributed by atoms with van der Waals surface area (Å²) in [6, 6.07) is 3.60. The molecule has 1 amide bonds. The van der Waals surface area contributed by atoms with Crippen molar-refractivity contribution in [1.29, 1.82) is 0 Å². The predicted molar refractivity (Wildman–Crippen MR) is 72.2 cm³/mol. The third kappa shape index (κ3) is 3.22. The van der Waals surface area contributed by atoms with Crippen LogP contribution in [0.1, 0.15) is 49.5 Å². The molecule has 0 unspecified atom stereocenters. The Morgan fingerprint density at radius 3 is 2.78 bits per heavy atom. The summed E-state index contributed by atoms with van der Waals surface area (Å²) in [6.07, 6.45) is 7.40. The van der Waals surface area contributed by atoms with E-state index in [1.54, 1.807) is 18.3 Å². The number of anilines is 1. The van der Waals surface area contributed by atoms with Crippen LogP contribution in [-0.2, 0) is 0 Å². The summed E-state index contributed by atoms with van der Waals surface area (Å²) in [5, 5.41) is 3.05. The predicted octanol–water partition coefficient (Wildman–Crippen LogP) is 2.36. The van der Waals surface area contributed by atoms with Crippen molar-refractivity contribution >= 4 is 11.6 Å². The molecule has 4 nitrogen and oxygen atoms in total. The van der Waals surface area contributed by atoms with Gasteiger partial charge in [-0.3, -0.25) is 9.78 Å². The summed E-state index contributed by atoms with van der Waals surface area (Å²) >= 11 is 0. The molecule has 0 radical (unpaired) electrons. The van der Waals surface area contributed by atoms with Crippen LogP contribution in [0.4, 0.5) is 5.69 Å². The molecule has 18 heavy (non-hydrogen) atoms. The van der Waals surface area contributed by atoms with Crippen molar-refractivity contribution in [2.45, 2.75) is 45.1 Å². The fourth-order valence-electron chi connectivity index (χ4n) is 2.55. The van der Waals surface area contributed by atoms with E-state index in [4.69, 9.17) is 5.73 Å². The second-order valence-electron chi connectivity index (χ2n) is 5.07. The zero-order valence-electron chi connectivity index (χ0n) is 10.9. The Morgan fingerprint density at radius 1 is 1.44 bits per heavy atom. The maximum absolute atomic E-state index is 12.0. The molecule has 1 fully saturated rings. The normalized spacial score (nSPS) is 23.6. The molecule has 3 N–H and O–H groups in total. The molecule has 1 heterocycles. The highest BCUT2D eigenvalue weighted by Gasteiger charge is 2.22. The van der Waals surface area contributed by atoms with Gasteiger partial charge in [-0.1, -0.05) is 13.3 Å². The van der Waals surface area contributed by atoms with Crippen molar-refractivity contribution < 1.29 is 4.79 Å². The SMILES string of the molecule is CCC1CCC(NC(=O)c2cc(N)ccn2)CC1. The molecule has 1 aromatic rings. The number of nitrogens with one attached hydrogen (secondary N) is 1. The van der Waals surface area contributed by atoms with E-state index in [1.165, 1.54) is 19.3 Å². The molecule has 1 aliphatic carbocycles. The van der Waals surface area contributed by atoms with Crippen molar-refractivity contribution in [2.24, 2.45) is 5.92 Å². The summed E-state index contributed by atoms with van der Waals surface area (Å²) in [5.41, 5.74) is 6.63. The second kappa shape index (κ2) is 5.85. The molecule has 0 atom stereocenters. The summed E-state index contributed by atoms with van der Waals surface area (Å²) in [7, 11) is 0. The minimum absolute atomic E-state index is 0.109. The molecule has 0 aromatic carbocycles. The third-order valence-electron chi connectivity index (χ3n) is 3.78. The van der Waals surface area contributed by atoms with Crippen LogP contribution < -0.4 is 11.1 Å². The van der Waals surface area contributed by atoms with E-state index in [9.17, 15) is 4.79 Å². The van der Waals surface area contributed by atoms with Crippen molar-refractivity contribution in [1.82, 2.24) is 10.3 Å². The van der Waals surface area contributed by atoms with Crippen molar-refractivity contribution in [3.8, 4) is 0 Å². The molecule has 1 aliphatic rings. The van der Waals surface area contributed by atoms with Crippen LogP contribution in [0.5, 0.6) is 0 Å². The van der Waals surface area contributed by atoms with E-state index in [1.807, 2.05) is 0 Å². The highest BCUT2D eigenvalue weighted by Crippen LogP contribution is 2.26. The van der Waals surface area contributed by atoms with Crippen LogP contribution in [0.3, 0.4) is 0 Å². The Kier molecular flexibility index (Phi) is 4.18. The number of amides is 1. The summed E-state index contributed by atoms with van der Waals surface area (Å²) < 4.78 is 0.